The molecule has 2 heterocycles. The first kappa shape index (κ1) is 16.1. The third-order valence-electron chi connectivity index (χ3n) is 4.56. The van der Waals surface area contributed by atoms with E-state index in [4.69, 9.17) is 4.98 Å². The normalized spacial score (nSPS) is 12.0. The lowest BCUT2D eigenvalue weighted by Gasteiger charge is -2.19. The van der Waals surface area contributed by atoms with Gasteiger partial charge in [-0.1, -0.05) is 63.2 Å². The summed E-state index contributed by atoms with van der Waals surface area (Å²) < 4.78 is 2.33. The minimum absolute atomic E-state index is 0.183. The van der Waals surface area contributed by atoms with Crippen LogP contribution in [-0.2, 0) is 12.0 Å². The van der Waals surface area contributed by atoms with Crippen molar-refractivity contribution in [3.63, 3.8) is 0 Å². The van der Waals surface area contributed by atoms with Crippen LogP contribution in [0, 0.1) is 0 Å². The maximum atomic E-state index is 4.88. The summed E-state index contributed by atoms with van der Waals surface area (Å²) >= 11 is 1.74. The van der Waals surface area contributed by atoms with Crippen molar-refractivity contribution >= 4 is 22.4 Å². The van der Waals surface area contributed by atoms with Gasteiger partial charge >= 0.3 is 0 Å². The Bertz CT molecular complexity index is 987. The highest BCUT2D eigenvalue weighted by molar-refractivity contribution is 7.13. The van der Waals surface area contributed by atoms with E-state index < -0.39 is 0 Å². The van der Waals surface area contributed by atoms with Crippen LogP contribution in [0.4, 0.5) is 0 Å². The van der Waals surface area contributed by atoms with Crippen molar-refractivity contribution in [1.82, 2.24) is 9.55 Å². The van der Waals surface area contributed by atoms with Gasteiger partial charge in [-0.2, -0.15) is 0 Å². The lowest BCUT2D eigenvalue weighted by atomic mass is 9.87. The van der Waals surface area contributed by atoms with Gasteiger partial charge in [0.1, 0.15) is 0 Å². The van der Waals surface area contributed by atoms with Gasteiger partial charge in [-0.15, -0.1) is 11.3 Å². The molecule has 0 N–H and O–H groups in total. The highest BCUT2D eigenvalue weighted by Gasteiger charge is 2.15. The van der Waals surface area contributed by atoms with Gasteiger partial charge in [0.25, 0.3) is 0 Å². The topological polar surface area (TPSA) is 17.8 Å². The molecule has 0 spiro atoms. The van der Waals surface area contributed by atoms with Gasteiger partial charge < -0.3 is 4.57 Å². The van der Waals surface area contributed by atoms with Crippen LogP contribution in [0.2, 0.25) is 0 Å². The van der Waals surface area contributed by atoms with Crippen molar-refractivity contribution in [3.05, 3.63) is 77.2 Å². The Morgan fingerprint density at radius 3 is 2.36 bits per heavy atom. The van der Waals surface area contributed by atoms with Crippen LogP contribution in [0.25, 0.3) is 21.7 Å². The van der Waals surface area contributed by atoms with Crippen molar-refractivity contribution < 1.29 is 0 Å². The molecule has 0 atom stereocenters. The van der Waals surface area contributed by atoms with Crippen molar-refractivity contribution in [1.29, 1.82) is 0 Å². The van der Waals surface area contributed by atoms with Crippen molar-refractivity contribution in [3.8, 4) is 10.7 Å². The van der Waals surface area contributed by atoms with E-state index in [0.717, 1.165) is 17.9 Å². The molecular formula is C22H22N2S. The number of thiophene rings is 1. The van der Waals surface area contributed by atoms with Crippen molar-refractivity contribution in [2.45, 2.75) is 32.7 Å². The molecule has 126 valence electrons. The summed E-state index contributed by atoms with van der Waals surface area (Å²) in [5.41, 5.74) is 5.09. The third-order valence-corrected chi connectivity index (χ3v) is 5.42. The summed E-state index contributed by atoms with van der Waals surface area (Å²) in [6.45, 7) is 7.58. The Morgan fingerprint density at radius 2 is 1.68 bits per heavy atom. The molecule has 4 rings (SSSR count). The lowest BCUT2D eigenvalue weighted by Crippen LogP contribution is -2.11. The molecule has 2 nitrogen and oxygen atoms in total. The molecule has 0 bridgehead atoms. The molecule has 0 amide bonds. The van der Waals surface area contributed by atoms with Crippen molar-refractivity contribution in [2.24, 2.45) is 0 Å². The number of para-hydroxylation sites is 2. The van der Waals surface area contributed by atoms with Crippen LogP contribution < -0.4 is 0 Å². The zero-order chi connectivity index (χ0) is 17.4. The van der Waals surface area contributed by atoms with E-state index in [1.54, 1.807) is 11.3 Å². The molecule has 0 aliphatic carbocycles. The standard InChI is InChI=1S/C22H22N2S/c1-22(2,3)17-12-10-16(11-13-17)15-24-19-8-5-4-7-18(19)23-21(24)20-9-6-14-25-20/h4-14H,15H2,1-3H3. The zero-order valence-electron chi connectivity index (χ0n) is 14.9. The van der Waals surface area contributed by atoms with Crippen LogP contribution >= 0.6 is 11.3 Å². The number of nitrogens with zero attached hydrogens (tertiary/aromatic N) is 2. The molecule has 0 radical (unpaired) electrons. The van der Waals surface area contributed by atoms with E-state index in [1.165, 1.54) is 21.5 Å². The number of rotatable bonds is 3. The molecular weight excluding hydrogens is 324 g/mol. The van der Waals surface area contributed by atoms with Crippen molar-refractivity contribution in [2.75, 3.05) is 0 Å². The first-order chi connectivity index (χ1) is 12.0. The fraction of sp³-hybridized carbons (Fsp3) is 0.227. The fourth-order valence-corrected chi connectivity index (χ4v) is 3.84. The summed E-state index contributed by atoms with van der Waals surface area (Å²) in [4.78, 5) is 6.09. The molecule has 25 heavy (non-hydrogen) atoms. The van der Waals surface area contributed by atoms with Gasteiger partial charge in [0.2, 0.25) is 0 Å². The molecule has 2 aromatic carbocycles. The maximum Gasteiger partial charge on any atom is 0.151 e. The number of hydrogen-bond acceptors (Lipinski definition) is 2. The van der Waals surface area contributed by atoms with Gasteiger partial charge in [-0.3, -0.25) is 0 Å². The monoisotopic (exact) mass is 346 g/mol. The summed E-state index contributed by atoms with van der Waals surface area (Å²) in [5, 5.41) is 2.11. The van der Waals surface area contributed by atoms with Crippen LogP contribution in [0.15, 0.2) is 66.0 Å². The van der Waals surface area contributed by atoms with Gasteiger partial charge in [-0.05, 0) is 40.1 Å². The quantitative estimate of drug-likeness (QED) is 0.437. The highest BCUT2D eigenvalue weighted by atomic mass is 32.1. The second-order valence-corrected chi connectivity index (χ2v) is 8.38. The molecule has 0 aliphatic heterocycles. The Labute approximate surface area is 152 Å². The summed E-state index contributed by atoms with van der Waals surface area (Å²) in [6, 6.07) is 21.6. The van der Waals surface area contributed by atoms with E-state index in [0.29, 0.717) is 0 Å². The lowest BCUT2D eigenvalue weighted by molar-refractivity contribution is 0.590. The van der Waals surface area contributed by atoms with E-state index in [2.05, 4.69) is 91.4 Å². The van der Waals surface area contributed by atoms with Crippen LogP contribution in [0.5, 0.6) is 0 Å². The first-order valence-electron chi connectivity index (χ1n) is 8.61. The molecule has 3 heteroatoms. The molecule has 0 unspecified atom stereocenters. The summed E-state index contributed by atoms with van der Waals surface area (Å²) in [6.07, 6.45) is 0. The second kappa shape index (κ2) is 6.16. The van der Waals surface area contributed by atoms with Crippen LogP contribution in [-0.4, -0.2) is 9.55 Å². The van der Waals surface area contributed by atoms with Gasteiger partial charge in [-0.25, -0.2) is 4.98 Å². The Hall–Kier alpha value is -2.39. The van der Waals surface area contributed by atoms with Gasteiger partial charge in [0, 0.05) is 6.54 Å². The summed E-state index contributed by atoms with van der Waals surface area (Å²) in [5.74, 6) is 1.05. The molecule has 0 aliphatic rings. The minimum atomic E-state index is 0.183. The first-order valence-corrected chi connectivity index (χ1v) is 9.49. The number of aromatic nitrogens is 2. The predicted octanol–water partition coefficient (Wildman–Crippen LogP) is 6.11. The Kier molecular flexibility index (Phi) is 3.97. The SMILES string of the molecule is CC(C)(C)c1ccc(Cn2c(-c3cccs3)nc3ccccc32)cc1. The maximum absolute atomic E-state index is 4.88. The Morgan fingerprint density at radius 1 is 0.920 bits per heavy atom. The number of benzene rings is 2. The largest absolute Gasteiger partial charge is 0.319 e. The smallest absolute Gasteiger partial charge is 0.151 e. The number of fused-ring (bicyclic) bond motifs is 1. The zero-order valence-corrected chi connectivity index (χ0v) is 15.7. The molecule has 0 saturated carbocycles. The minimum Gasteiger partial charge on any atom is -0.319 e. The number of imidazole rings is 1. The van der Waals surface area contributed by atoms with Gasteiger partial charge in [0.15, 0.2) is 5.82 Å². The fourth-order valence-electron chi connectivity index (χ4n) is 3.12. The molecule has 0 fully saturated rings. The van der Waals surface area contributed by atoms with Crippen LogP contribution in [0.3, 0.4) is 0 Å². The van der Waals surface area contributed by atoms with E-state index in [1.807, 2.05) is 0 Å². The van der Waals surface area contributed by atoms with E-state index in [9.17, 15) is 0 Å². The molecule has 2 aromatic heterocycles. The second-order valence-electron chi connectivity index (χ2n) is 7.43. The third kappa shape index (κ3) is 3.12. The summed E-state index contributed by atoms with van der Waals surface area (Å²) in [7, 11) is 0. The molecule has 0 saturated heterocycles. The predicted molar refractivity (Wildman–Crippen MR) is 107 cm³/mol. The highest BCUT2D eigenvalue weighted by Crippen LogP contribution is 2.29. The molecule has 4 aromatic rings. The average molecular weight is 346 g/mol. The Balaban J connectivity index is 1.77. The van der Waals surface area contributed by atoms with E-state index in [-0.39, 0.29) is 5.41 Å². The van der Waals surface area contributed by atoms with Gasteiger partial charge in [0.05, 0.1) is 15.9 Å². The van der Waals surface area contributed by atoms with Crippen LogP contribution in [0.1, 0.15) is 31.9 Å². The average Bonchev–Trinajstić information content (AvgIpc) is 3.23. The van der Waals surface area contributed by atoms with E-state index >= 15 is 0 Å². The number of hydrogen-bond donors (Lipinski definition) is 0.